The molecule has 1 atom stereocenters. The van der Waals surface area contributed by atoms with Gasteiger partial charge < -0.3 is 0 Å². The molecule has 0 fully saturated rings. The van der Waals surface area contributed by atoms with E-state index in [1.807, 2.05) is 0 Å². The molecule has 0 N–H and O–H groups in total. The van der Waals surface area contributed by atoms with Crippen molar-refractivity contribution in [3.8, 4) is 0 Å². The highest BCUT2D eigenvalue weighted by atomic mass is 35.5. The van der Waals surface area contributed by atoms with Gasteiger partial charge in [-0.1, -0.05) is 6.92 Å². The van der Waals surface area contributed by atoms with Crippen molar-refractivity contribution in [2.75, 3.05) is 12.6 Å². The molecule has 6 heavy (non-hydrogen) atoms. The van der Waals surface area contributed by atoms with Crippen molar-refractivity contribution in [3.63, 3.8) is 0 Å². The van der Waals surface area contributed by atoms with E-state index in [0.717, 1.165) is 0 Å². The maximum absolute atomic E-state index is 11.3. The average molecular weight is 111 g/mol. The van der Waals surface area contributed by atoms with E-state index in [9.17, 15) is 4.39 Å². The Labute approximate surface area is 42.3 Å². The van der Waals surface area contributed by atoms with Crippen molar-refractivity contribution in [2.24, 2.45) is 5.92 Å². The van der Waals surface area contributed by atoms with Gasteiger partial charge in [-0.15, -0.1) is 11.6 Å². The molecule has 2 heteroatoms. The van der Waals surface area contributed by atoms with E-state index < -0.39 is 0 Å². The van der Waals surface area contributed by atoms with Gasteiger partial charge >= 0.3 is 0 Å². The fourth-order valence-electron chi connectivity index (χ4n) is 0.0412. The molecule has 0 aromatic carbocycles. The summed E-state index contributed by atoms with van der Waals surface area (Å²) in [4.78, 5) is 0. The molecule has 0 aromatic rings. The van der Waals surface area contributed by atoms with E-state index >= 15 is 0 Å². The maximum atomic E-state index is 11.3. The van der Waals surface area contributed by atoms with E-state index in [-0.39, 0.29) is 12.6 Å². The third kappa shape index (κ3) is 2.46. The second kappa shape index (κ2) is 3.41. The van der Waals surface area contributed by atoms with Crippen LogP contribution < -0.4 is 0 Å². The molecule has 1 unspecified atom stereocenters. The summed E-state index contributed by atoms with van der Waals surface area (Å²) in [6.07, 6.45) is 0. The van der Waals surface area contributed by atoms with Crippen LogP contribution in [0.25, 0.3) is 0 Å². The second-order valence-corrected chi connectivity index (χ2v) is 1.72. The van der Waals surface area contributed by atoms with Crippen LogP contribution in [-0.4, -0.2) is 12.6 Å². The Morgan fingerprint density at radius 1 is 1.83 bits per heavy atom. The molecule has 0 aliphatic heterocycles. The summed E-state index contributed by atoms with van der Waals surface area (Å²) in [7, 11) is 0. The number of halogens is 2. The zero-order valence-corrected chi connectivity index (χ0v) is 4.50. The van der Waals surface area contributed by atoms with E-state index in [0.29, 0.717) is 5.88 Å². The van der Waals surface area contributed by atoms with Crippen LogP contribution in [0.1, 0.15) is 6.92 Å². The summed E-state index contributed by atoms with van der Waals surface area (Å²) in [5.41, 5.74) is 0. The Morgan fingerprint density at radius 3 is 2.33 bits per heavy atom. The van der Waals surface area contributed by atoms with Crippen molar-refractivity contribution < 1.29 is 4.39 Å². The minimum Gasteiger partial charge on any atom is -0.251 e. The predicted octanol–water partition coefficient (Wildman–Crippen LogP) is 1.83. The molecule has 0 nitrogen and oxygen atoms in total. The first-order valence-corrected chi connectivity index (χ1v) is 2.46. The molecule has 0 radical (unpaired) electrons. The number of hydrogen-bond donors (Lipinski definition) is 0. The average Bonchev–Trinajstić information content (AvgIpc) is 1.65. The van der Waals surface area contributed by atoms with E-state index in [2.05, 4.69) is 0 Å². The van der Waals surface area contributed by atoms with Crippen LogP contribution in [0.4, 0.5) is 4.39 Å². The minimum atomic E-state index is -0.302. The normalized spacial score (nSPS) is 14.5. The molecular formula is C4H8ClF. The van der Waals surface area contributed by atoms with Crippen LogP contribution >= 0.6 is 11.6 Å². The molecule has 0 amide bonds. The van der Waals surface area contributed by atoms with Gasteiger partial charge in [0, 0.05) is 5.88 Å². The highest BCUT2D eigenvalue weighted by molar-refractivity contribution is 6.18. The third-order valence-corrected chi connectivity index (χ3v) is 1.05. The topological polar surface area (TPSA) is 0 Å². The Bertz CT molecular complexity index is 26.7. The molecule has 0 heterocycles. The number of hydrogen-bond acceptors (Lipinski definition) is 0. The van der Waals surface area contributed by atoms with Gasteiger partial charge in [0.1, 0.15) is 0 Å². The summed E-state index contributed by atoms with van der Waals surface area (Å²) < 4.78 is 11.3. The van der Waals surface area contributed by atoms with Crippen LogP contribution in [0, 0.1) is 5.92 Å². The molecule has 0 aromatic heterocycles. The lowest BCUT2D eigenvalue weighted by atomic mass is 10.3. The van der Waals surface area contributed by atoms with E-state index in [1.165, 1.54) is 0 Å². The van der Waals surface area contributed by atoms with Crippen molar-refractivity contribution >= 4 is 11.6 Å². The molecule has 38 valence electrons. The first kappa shape index (κ1) is 6.22. The zero-order valence-electron chi connectivity index (χ0n) is 3.75. The molecule has 0 bridgehead atoms. The molecule has 0 spiro atoms. The van der Waals surface area contributed by atoms with E-state index in [4.69, 9.17) is 11.6 Å². The van der Waals surface area contributed by atoms with Crippen LogP contribution in [0.2, 0.25) is 0 Å². The summed E-state index contributed by atoms with van der Waals surface area (Å²) in [6.45, 7) is 1.47. The van der Waals surface area contributed by atoms with Crippen LogP contribution in [0.5, 0.6) is 0 Å². The molecule has 0 aliphatic rings. The smallest absolute Gasteiger partial charge is 0.0931 e. The highest BCUT2D eigenvalue weighted by Crippen LogP contribution is 1.95. The Kier molecular flexibility index (Phi) is 3.54. The van der Waals surface area contributed by atoms with Crippen molar-refractivity contribution in [3.05, 3.63) is 0 Å². The lowest BCUT2D eigenvalue weighted by Gasteiger charge is -1.94. The number of alkyl halides is 2. The Morgan fingerprint density at radius 2 is 2.33 bits per heavy atom. The molecular weight excluding hydrogens is 102 g/mol. The quantitative estimate of drug-likeness (QED) is 0.476. The van der Waals surface area contributed by atoms with Gasteiger partial charge in [-0.3, -0.25) is 4.39 Å². The first-order valence-electron chi connectivity index (χ1n) is 1.93. The monoisotopic (exact) mass is 110 g/mol. The fourth-order valence-corrected chi connectivity index (χ4v) is 0.124. The second-order valence-electron chi connectivity index (χ2n) is 1.41. The first-order chi connectivity index (χ1) is 2.81. The van der Waals surface area contributed by atoms with Gasteiger partial charge in [0.15, 0.2) is 0 Å². The summed E-state index contributed by atoms with van der Waals surface area (Å²) >= 11 is 5.21. The maximum Gasteiger partial charge on any atom is 0.0931 e. The molecule has 0 saturated carbocycles. The van der Waals surface area contributed by atoms with Crippen molar-refractivity contribution in [2.45, 2.75) is 6.92 Å². The third-order valence-electron chi connectivity index (χ3n) is 0.527. The lowest BCUT2D eigenvalue weighted by Crippen LogP contribution is -1.95. The molecule has 0 aliphatic carbocycles. The highest BCUT2D eigenvalue weighted by Gasteiger charge is 1.93. The number of rotatable bonds is 2. The van der Waals surface area contributed by atoms with Gasteiger partial charge in [0.25, 0.3) is 0 Å². The largest absolute Gasteiger partial charge is 0.251 e. The standard InChI is InChI=1S/C4H8ClF/c1-4(2-5)3-6/h4H,2-3H2,1H3. The lowest BCUT2D eigenvalue weighted by molar-refractivity contribution is 0.407. The summed E-state index contributed by atoms with van der Waals surface area (Å²) in [5, 5.41) is 0. The fraction of sp³-hybridized carbons (Fsp3) is 1.00. The zero-order chi connectivity index (χ0) is 4.99. The van der Waals surface area contributed by atoms with E-state index in [1.54, 1.807) is 6.92 Å². The van der Waals surface area contributed by atoms with Gasteiger partial charge in [0.2, 0.25) is 0 Å². The summed E-state index contributed by atoms with van der Waals surface area (Å²) in [6, 6.07) is 0. The van der Waals surface area contributed by atoms with Gasteiger partial charge in [-0.05, 0) is 5.92 Å². The van der Waals surface area contributed by atoms with Crippen molar-refractivity contribution in [1.29, 1.82) is 0 Å². The van der Waals surface area contributed by atoms with Crippen LogP contribution in [0.15, 0.2) is 0 Å². The van der Waals surface area contributed by atoms with Gasteiger partial charge in [-0.2, -0.15) is 0 Å². The van der Waals surface area contributed by atoms with Crippen LogP contribution in [-0.2, 0) is 0 Å². The minimum absolute atomic E-state index is 0.0340. The molecule has 0 saturated heterocycles. The van der Waals surface area contributed by atoms with Gasteiger partial charge in [0.05, 0.1) is 6.67 Å². The SMILES string of the molecule is CC(CF)CCl. The predicted molar refractivity (Wildman–Crippen MR) is 25.9 cm³/mol. The summed E-state index contributed by atoms with van der Waals surface area (Å²) in [5.74, 6) is 0.461. The van der Waals surface area contributed by atoms with Gasteiger partial charge in [-0.25, -0.2) is 0 Å². The van der Waals surface area contributed by atoms with Crippen molar-refractivity contribution in [1.82, 2.24) is 0 Å². The Hall–Kier alpha value is 0.220. The van der Waals surface area contributed by atoms with Crippen LogP contribution in [0.3, 0.4) is 0 Å². The molecule has 0 rings (SSSR count). The Balaban J connectivity index is 2.75.